The van der Waals surface area contributed by atoms with Crippen LogP contribution < -0.4 is 10.6 Å². The molecule has 0 aromatic carbocycles. The van der Waals surface area contributed by atoms with Gasteiger partial charge in [0.15, 0.2) is 0 Å². The van der Waals surface area contributed by atoms with E-state index in [1.807, 2.05) is 0 Å². The second kappa shape index (κ2) is 4.86. The fraction of sp³-hybridized carbons (Fsp3) is 0.875. The van der Waals surface area contributed by atoms with Crippen molar-refractivity contribution < 1.29 is 25.2 Å². The molecule has 5 atom stereocenters. The van der Waals surface area contributed by atoms with Crippen molar-refractivity contribution in [2.75, 3.05) is 6.61 Å². The van der Waals surface area contributed by atoms with E-state index in [-0.39, 0.29) is 0 Å². The van der Waals surface area contributed by atoms with Gasteiger partial charge < -0.3 is 25.7 Å². The van der Waals surface area contributed by atoms with Gasteiger partial charge in [0.1, 0.15) is 12.3 Å². The van der Waals surface area contributed by atoms with Crippen LogP contribution in [0.15, 0.2) is 0 Å². The van der Waals surface area contributed by atoms with Crippen molar-refractivity contribution in [2.24, 2.45) is 0 Å². The van der Waals surface area contributed by atoms with Crippen LogP contribution in [0.5, 0.6) is 0 Å². The molecule has 1 aliphatic rings. The summed E-state index contributed by atoms with van der Waals surface area (Å²) in [5.41, 5.74) is 0. The summed E-state index contributed by atoms with van der Waals surface area (Å²) < 4.78 is 0. The molecule has 0 radical (unpaired) electrons. The second-order valence-corrected chi connectivity index (χ2v) is 3.61. The molecule has 0 spiro atoms. The second-order valence-electron chi connectivity index (χ2n) is 3.61. The van der Waals surface area contributed by atoms with Crippen LogP contribution in [-0.2, 0) is 4.79 Å². The van der Waals surface area contributed by atoms with Gasteiger partial charge in [0.05, 0.1) is 24.8 Å². The first kappa shape index (κ1) is 12.3. The number of aliphatic hydroxyl groups excluding tert-OH is 4. The van der Waals surface area contributed by atoms with Gasteiger partial charge in [-0.1, -0.05) is 0 Å². The van der Waals surface area contributed by atoms with Gasteiger partial charge >= 0.3 is 0 Å². The summed E-state index contributed by atoms with van der Waals surface area (Å²) in [5.74, 6) is -0.422. The van der Waals surface area contributed by atoms with Gasteiger partial charge in [-0.15, -0.1) is 0 Å². The largest absolute Gasteiger partial charge is 0.395 e. The number of hydrogen-bond donors (Lipinski definition) is 6. The van der Waals surface area contributed by atoms with Gasteiger partial charge in [-0.2, -0.15) is 0 Å². The highest BCUT2D eigenvalue weighted by molar-refractivity contribution is 5.73. The number of hydrogen-bond acceptors (Lipinski definition) is 6. The third kappa shape index (κ3) is 2.64. The van der Waals surface area contributed by atoms with Crippen LogP contribution >= 0.6 is 0 Å². The fourth-order valence-corrected chi connectivity index (χ4v) is 1.62. The van der Waals surface area contributed by atoms with Crippen molar-refractivity contribution in [3.05, 3.63) is 0 Å². The summed E-state index contributed by atoms with van der Waals surface area (Å²) in [6.07, 6.45) is -3.76. The molecule has 15 heavy (non-hydrogen) atoms. The SMILES string of the molecule is CC(=O)N[C@@H]1C(O)NC(CO)[C@@H](O)C1O. The van der Waals surface area contributed by atoms with E-state index in [0.29, 0.717) is 0 Å². The number of rotatable bonds is 2. The molecule has 0 aliphatic carbocycles. The summed E-state index contributed by atoms with van der Waals surface area (Å²) in [6.45, 7) is 0.825. The molecule has 6 N–H and O–H groups in total. The normalized spacial score (nSPS) is 41.3. The molecule has 1 fully saturated rings. The summed E-state index contributed by atoms with van der Waals surface area (Å²) in [4.78, 5) is 10.8. The molecule has 88 valence electrons. The zero-order valence-electron chi connectivity index (χ0n) is 8.29. The monoisotopic (exact) mass is 220 g/mol. The predicted octanol–water partition coefficient (Wildman–Crippen LogP) is -3.50. The third-order valence-corrected chi connectivity index (χ3v) is 2.42. The Kier molecular flexibility index (Phi) is 4.00. The molecular formula is C8H16N2O5. The molecule has 0 saturated carbocycles. The van der Waals surface area contributed by atoms with E-state index in [4.69, 9.17) is 5.11 Å². The first-order valence-corrected chi connectivity index (χ1v) is 4.65. The van der Waals surface area contributed by atoms with Crippen molar-refractivity contribution in [2.45, 2.75) is 37.4 Å². The van der Waals surface area contributed by atoms with Crippen LogP contribution in [0.3, 0.4) is 0 Å². The predicted molar refractivity (Wildman–Crippen MR) is 49.6 cm³/mol. The average molecular weight is 220 g/mol. The van der Waals surface area contributed by atoms with E-state index in [9.17, 15) is 20.1 Å². The Morgan fingerprint density at radius 3 is 2.40 bits per heavy atom. The highest BCUT2D eigenvalue weighted by Crippen LogP contribution is 2.14. The lowest BCUT2D eigenvalue weighted by atomic mass is 9.93. The van der Waals surface area contributed by atoms with Crippen LogP contribution in [0.1, 0.15) is 6.92 Å². The minimum Gasteiger partial charge on any atom is -0.395 e. The molecule has 3 unspecified atom stereocenters. The van der Waals surface area contributed by atoms with Crippen LogP contribution in [-0.4, -0.2) is 63.5 Å². The molecule has 1 saturated heterocycles. The Bertz CT molecular complexity index is 237. The van der Waals surface area contributed by atoms with Crippen LogP contribution in [0.4, 0.5) is 0 Å². The topological polar surface area (TPSA) is 122 Å². The minimum absolute atomic E-state index is 0.415. The Morgan fingerprint density at radius 1 is 1.33 bits per heavy atom. The number of carbonyl (C=O) groups is 1. The Labute approximate surface area is 86.7 Å². The lowest BCUT2D eigenvalue weighted by molar-refractivity contribution is -0.132. The third-order valence-electron chi connectivity index (χ3n) is 2.42. The summed E-state index contributed by atoms with van der Waals surface area (Å²) in [7, 11) is 0. The van der Waals surface area contributed by atoms with Gasteiger partial charge in [0.25, 0.3) is 0 Å². The lowest BCUT2D eigenvalue weighted by Gasteiger charge is -2.41. The van der Waals surface area contributed by atoms with Gasteiger partial charge in [-0.05, 0) is 0 Å². The molecular weight excluding hydrogens is 204 g/mol. The van der Waals surface area contributed by atoms with Crippen molar-refractivity contribution >= 4 is 5.91 Å². The van der Waals surface area contributed by atoms with E-state index >= 15 is 0 Å². The molecule has 1 rings (SSSR count). The van der Waals surface area contributed by atoms with Crippen LogP contribution in [0.25, 0.3) is 0 Å². The molecule has 0 aromatic rings. The van der Waals surface area contributed by atoms with Crippen LogP contribution in [0, 0.1) is 0 Å². The molecule has 1 aliphatic heterocycles. The lowest BCUT2D eigenvalue weighted by Crippen LogP contribution is -2.69. The van der Waals surface area contributed by atoms with Gasteiger partial charge in [0, 0.05) is 6.92 Å². The van der Waals surface area contributed by atoms with E-state index in [1.165, 1.54) is 6.92 Å². The van der Waals surface area contributed by atoms with Crippen molar-refractivity contribution in [3.8, 4) is 0 Å². The van der Waals surface area contributed by atoms with Crippen LogP contribution in [0.2, 0.25) is 0 Å². The van der Waals surface area contributed by atoms with Gasteiger partial charge in [0.2, 0.25) is 5.91 Å². The van der Waals surface area contributed by atoms with E-state index < -0.39 is 43.0 Å². The molecule has 1 heterocycles. The smallest absolute Gasteiger partial charge is 0.217 e. The summed E-state index contributed by atoms with van der Waals surface area (Å²) in [5, 5.41) is 42.2. The maximum absolute atomic E-state index is 10.8. The zero-order chi connectivity index (χ0) is 11.6. The molecule has 0 aromatic heterocycles. The van der Waals surface area contributed by atoms with Gasteiger partial charge in [-0.25, -0.2) is 0 Å². The molecule has 7 nitrogen and oxygen atoms in total. The molecule has 0 bridgehead atoms. The first-order chi connectivity index (χ1) is 6.97. The van der Waals surface area contributed by atoms with E-state index in [1.54, 1.807) is 0 Å². The number of carbonyl (C=O) groups excluding carboxylic acids is 1. The first-order valence-electron chi connectivity index (χ1n) is 4.65. The van der Waals surface area contributed by atoms with Crippen molar-refractivity contribution in [1.82, 2.24) is 10.6 Å². The Morgan fingerprint density at radius 2 is 1.93 bits per heavy atom. The van der Waals surface area contributed by atoms with E-state index in [0.717, 1.165) is 0 Å². The number of aliphatic hydroxyl groups is 4. The van der Waals surface area contributed by atoms with Crippen molar-refractivity contribution in [3.63, 3.8) is 0 Å². The standard InChI is InChI=1S/C8H16N2O5/c1-3(12)9-5-7(14)6(13)4(2-11)10-8(5)15/h4-8,10-11,13-15H,2H2,1H3,(H,9,12)/t4?,5-,6+,7?,8?/m0/s1. The maximum Gasteiger partial charge on any atom is 0.217 e. The Hall–Kier alpha value is -0.730. The molecule has 7 heteroatoms. The highest BCUT2D eigenvalue weighted by Gasteiger charge is 2.42. The number of amides is 1. The highest BCUT2D eigenvalue weighted by atomic mass is 16.3. The van der Waals surface area contributed by atoms with Crippen molar-refractivity contribution in [1.29, 1.82) is 0 Å². The average Bonchev–Trinajstić information content (AvgIpc) is 2.18. The fourth-order valence-electron chi connectivity index (χ4n) is 1.62. The molecule has 1 amide bonds. The summed E-state index contributed by atoms with van der Waals surface area (Å²) >= 11 is 0. The Balaban J connectivity index is 2.70. The number of piperidine rings is 1. The van der Waals surface area contributed by atoms with E-state index in [2.05, 4.69) is 10.6 Å². The van der Waals surface area contributed by atoms with Gasteiger partial charge in [-0.3, -0.25) is 10.1 Å². The zero-order valence-corrected chi connectivity index (χ0v) is 8.29. The summed E-state index contributed by atoms with van der Waals surface area (Å²) in [6, 6.07) is -1.79. The minimum atomic E-state index is -1.32. The number of nitrogens with one attached hydrogen (secondary N) is 2. The quantitative estimate of drug-likeness (QED) is 0.287. The maximum atomic E-state index is 10.8.